The topological polar surface area (TPSA) is 74.6 Å². The van der Waals surface area contributed by atoms with Crippen LogP contribution in [0.5, 0.6) is 0 Å². The van der Waals surface area contributed by atoms with E-state index in [0.717, 1.165) is 12.5 Å². The summed E-state index contributed by atoms with van der Waals surface area (Å²) in [6.45, 7) is 0.555. The SMILES string of the molecule is COC(=O)c1cc(=O)n2c(c1C(=O)OC)CCC2. The van der Waals surface area contributed by atoms with Gasteiger partial charge >= 0.3 is 11.9 Å². The summed E-state index contributed by atoms with van der Waals surface area (Å²) in [5.41, 5.74) is 0.370. The predicted molar refractivity (Wildman–Crippen MR) is 61.7 cm³/mol. The summed E-state index contributed by atoms with van der Waals surface area (Å²) in [5, 5.41) is 0. The first-order valence-electron chi connectivity index (χ1n) is 5.53. The van der Waals surface area contributed by atoms with Crippen LogP contribution in [0.4, 0.5) is 0 Å². The van der Waals surface area contributed by atoms with Crippen molar-refractivity contribution in [2.75, 3.05) is 14.2 Å². The molecule has 0 amide bonds. The highest BCUT2D eigenvalue weighted by molar-refractivity contribution is 6.03. The van der Waals surface area contributed by atoms with Crippen LogP contribution in [0.2, 0.25) is 0 Å². The van der Waals surface area contributed by atoms with E-state index >= 15 is 0 Å². The number of methoxy groups -OCH3 is 2. The molecule has 2 rings (SSSR count). The fraction of sp³-hybridized carbons (Fsp3) is 0.417. The van der Waals surface area contributed by atoms with Crippen molar-refractivity contribution in [1.29, 1.82) is 0 Å². The van der Waals surface area contributed by atoms with E-state index in [4.69, 9.17) is 0 Å². The summed E-state index contributed by atoms with van der Waals surface area (Å²) in [6.07, 6.45) is 1.34. The standard InChI is InChI=1S/C12H13NO5/c1-17-11(15)7-6-9(14)13-5-3-4-8(13)10(7)12(16)18-2/h6H,3-5H2,1-2H3. The molecule has 0 saturated heterocycles. The number of hydrogen-bond donors (Lipinski definition) is 0. The summed E-state index contributed by atoms with van der Waals surface area (Å²) in [6, 6.07) is 1.13. The summed E-state index contributed by atoms with van der Waals surface area (Å²) in [7, 11) is 2.44. The first-order valence-corrected chi connectivity index (χ1v) is 5.53. The molecule has 1 aliphatic heterocycles. The third-order valence-corrected chi connectivity index (χ3v) is 3.01. The van der Waals surface area contributed by atoms with E-state index in [2.05, 4.69) is 9.47 Å². The first-order chi connectivity index (χ1) is 8.60. The lowest BCUT2D eigenvalue weighted by atomic mass is 10.0. The Morgan fingerprint density at radius 1 is 1.22 bits per heavy atom. The lowest BCUT2D eigenvalue weighted by Crippen LogP contribution is -2.26. The van der Waals surface area contributed by atoms with Crippen LogP contribution < -0.4 is 5.56 Å². The Labute approximate surface area is 103 Å². The third kappa shape index (κ3) is 1.79. The van der Waals surface area contributed by atoms with Crippen molar-refractivity contribution in [3.05, 3.63) is 33.2 Å². The van der Waals surface area contributed by atoms with Crippen LogP contribution in [0.25, 0.3) is 0 Å². The fourth-order valence-corrected chi connectivity index (χ4v) is 2.21. The molecular formula is C12H13NO5. The minimum atomic E-state index is -0.706. The molecule has 1 aromatic rings. The second kappa shape index (κ2) is 4.64. The second-order valence-electron chi connectivity index (χ2n) is 3.96. The van der Waals surface area contributed by atoms with Crippen molar-refractivity contribution in [3.8, 4) is 0 Å². The van der Waals surface area contributed by atoms with Gasteiger partial charge < -0.3 is 14.0 Å². The Morgan fingerprint density at radius 3 is 2.50 bits per heavy atom. The molecule has 0 radical (unpaired) electrons. The first kappa shape index (κ1) is 12.3. The maximum atomic E-state index is 11.8. The van der Waals surface area contributed by atoms with E-state index in [-0.39, 0.29) is 16.7 Å². The molecule has 0 N–H and O–H groups in total. The largest absolute Gasteiger partial charge is 0.465 e. The van der Waals surface area contributed by atoms with Crippen molar-refractivity contribution in [3.63, 3.8) is 0 Å². The lowest BCUT2D eigenvalue weighted by Gasteiger charge is -2.12. The van der Waals surface area contributed by atoms with Gasteiger partial charge in [0.1, 0.15) is 0 Å². The smallest absolute Gasteiger partial charge is 0.340 e. The van der Waals surface area contributed by atoms with Crippen LogP contribution in [-0.4, -0.2) is 30.7 Å². The van der Waals surface area contributed by atoms with Crippen molar-refractivity contribution in [2.45, 2.75) is 19.4 Å². The fourth-order valence-electron chi connectivity index (χ4n) is 2.21. The van der Waals surface area contributed by atoms with Crippen molar-refractivity contribution in [2.24, 2.45) is 0 Å². The molecule has 0 aliphatic carbocycles. The van der Waals surface area contributed by atoms with Gasteiger partial charge in [-0.1, -0.05) is 0 Å². The molecule has 0 aromatic carbocycles. The van der Waals surface area contributed by atoms with Crippen molar-refractivity contribution in [1.82, 2.24) is 4.57 Å². The van der Waals surface area contributed by atoms with Gasteiger partial charge in [-0.3, -0.25) is 4.79 Å². The number of fused-ring (bicyclic) bond motifs is 1. The third-order valence-electron chi connectivity index (χ3n) is 3.01. The number of carbonyl (C=O) groups is 2. The Bertz CT molecular complexity index is 573. The van der Waals surface area contributed by atoms with Gasteiger partial charge in [0, 0.05) is 18.3 Å². The maximum absolute atomic E-state index is 11.8. The summed E-state index contributed by atoms with van der Waals surface area (Å²) in [5.74, 6) is -1.33. The van der Waals surface area contributed by atoms with Crippen LogP contribution in [-0.2, 0) is 22.4 Å². The van der Waals surface area contributed by atoms with E-state index < -0.39 is 11.9 Å². The lowest BCUT2D eigenvalue weighted by molar-refractivity contribution is 0.0553. The molecule has 1 aromatic heterocycles. The highest BCUT2D eigenvalue weighted by Gasteiger charge is 2.28. The average Bonchev–Trinajstić information content (AvgIpc) is 2.86. The Balaban J connectivity index is 2.73. The maximum Gasteiger partial charge on any atom is 0.340 e. The van der Waals surface area contributed by atoms with Crippen molar-refractivity contribution < 1.29 is 19.1 Å². The van der Waals surface area contributed by atoms with E-state index in [9.17, 15) is 14.4 Å². The van der Waals surface area contributed by atoms with Crippen LogP contribution in [0.3, 0.4) is 0 Å². The number of esters is 2. The molecule has 0 unspecified atom stereocenters. The van der Waals surface area contributed by atoms with Gasteiger partial charge in [0.05, 0.1) is 25.3 Å². The normalized spacial score (nSPS) is 13.0. The van der Waals surface area contributed by atoms with E-state index in [1.165, 1.54) is 18.8 Å². The summed E-state index contributed by atoms with van der Waals surface area (Å²) < 4.78 is 10.8. The molecule has 6 nitrogen and oxygen atoms in total. The van der Waals surface area contributed by atoms with Gasteiger partial charge in [-0.05, 0) is 12.8 Å². The molecule has 0 fully saturated rings. The number of rotatable bonds is 2. The minimum absolute atomic E-state index is 0.0255. The van der Waals surface area contributed by atoms with E-state index in [0.29, 0.717) is 18.7 Å². The molecule has 0 atom stereocenters. The zero-order valence-corrected chi connectivity index (χ0v) is 10.2. The molecule has 96 valence electrons. The van der Waals surface area contributed by atoms with Gasteiger partial charge in [-0.15, -0.1) is 0 Å². The predicted octanol–water partition coefficient (Wildman–Crippen LogP) is 0.368. The van der Waals surface area contributed by atoms with Crippen molar-refractivity contribution >= 4 is 11.9 Å². The zero-order valence-electron chi connectivity index (χ0n) is 10.2. The highest BCUT2D eigenvalue weighted by Crippen LogP contribution is 2.21. The van der Waals surface area contributed by atoms with Gasteiger partial charge in [0.25, 0.3) is 5.56 Å². The molecule has 6 heteroatoms. The molecule has 0 saturated carbocycles. The van der Waals surface area contributed by atoms with Crippen LogP contribution in [0.15, 0.2) is 10.9 Å². The van der Waals surface area contributed by atoms with Crippen LogP contribution in [0, 0.1) is 0 Å². The molecule has 18 heavy (non-hydrogen) atoms. The molecule has 1 aliphatic rings. The quantitative estimate of drug-likeness (QED) is 0.710. The molecule has 2 heterocycles. The van der Waals surface area contributed by atoms with E-state index in [1.807, 2.05) is 0 Å². The zero-order chi connectivity index (χ0) is 13.3. The Kier molecular flexibility index (Phi) is 3.18. The van der Waals surface area contributed by atoms with Crippen LogP contribution in [0.1, 0.15) is 32.8 Å². The van der Waals surface area contributed by atoms with E-state index in [1.54, 1.807) is 0 Å². The molecule has 0 spiro atoms. The van der Waals surface area contributed by atoms with Gasteiger partial charge in [-0.2, -0.15) is 0 Å². The number of pyridine rings is 1. The van der Waals surface area contributed by atoms with Gasteiger partial charge in [-0.25, -0.2) is 9.59 Å². The number of carbonyl (C=O) groups excluding carboxylic acids is 2. The van der Waals surface area contributed by atoms with Gasteiger partial charge in [0.2, 0.25) is 0 Å². The second-order valence-corrected chi connectivity index (χ2v) is 3.96. The monoisotopic (exact) mass is 251 g/mol. The van der Waals surface area contributed by atoms with Gasteiger partial charge in [0.15, 0.2) is 0 Å². The Morgan fingerprint density at radius 2 is 1.89 bits per heavy atom. The summed E-state index contributed by atoms with van der Waals surface area (Å²) in [4.78, 5) is 35.2. The minimum Gasteiger partial charge on any atom is -0.465 e. The molecule has 0 bridgehead atoms. The number of aromatic nitrogens is 1. The highest BCUT2D eigenvalue weighted by atomic mass is 16.5. The van der Waals surface area contributed by atoms with Crippen LogP contribution >= 0.6 is 0 Å². The number of ether oxygens (including phenoxy) is 2. The Hall–Kier alpha value is -2.11. The summed E-state index contributed by atoms with van der Waals surface area (Å²) >= 11 is 0. The molecular weight excluding hydrogens is 238 g/mol. The average molecular weight is 251 g/mol. The number of nitrogens with zero attached hydrogens (tertiary/aromatic N) is 1. The number of hydrogen-bond acceptors (Lipinski definition) is 5.